The van der Waals surface area contributed by atoms with Gasteiger partial charge >= 0.3 is 0 Å². The highest BCUT2D eigenvalue weighted by Crippen LogP contribution is 2.10. The molecule has 3 rings (SSSR count). The summed E-state index contributed by atoms with van der Waals surface area (Å²) in [6.07, 6.45) is 2.35. The standard InChI is InChI=1S/C21H27N3O.2ClH/c25-21(23-14-20-12-7-13-22-20)17-24(15-18-8-3-1-4-9-18)16-19-10-5-2-6-11-19;;/h1-6,8-11,20,22H,7,12-17H2,(H,23,25);2*1H. The second-order valence-corrected chi connectivity index (χ2v) is 6.71. The van der Waals surface area contributed by atoms with E-state index >= 15 is 0 Å². The Morgan fingerprint density at radius 3 is 2.00 bits per heavy atom. The maximum absolute atomic E-state index is 12.4. The second-order valence-electron chi connectivity index (χ2n) is 6.71. The number of carbonyl (C=O) groups is 1. The highest BCUT2D eigenvalue weighted by Gasteiger charge is 2.16. The lowest BCUT2D eigenvalue weighted by atomic mass is 10.1. The van der Waals surface area contributed by atoms with Crippen LogP contribution < -0.4 is 10.6 Å². The molecule has 1 aliphatic rings. The quantitative estimate of drug-likeness (QED) is 0.701. The summed E-state index contributed by atoms with van der Waals surface area (Å²) in [7, 11) is 0. The molecule has 0 saturated carbocycles. The molecule has 2 aromatic rings. The van der Waals surface area contributed by atoms with Crippen molar-refractivity contribution >= 4 is 30.7 Å². The van der Waals surface area contributed by atoms with E-state index in [1.54, 1.807) is 0 Å². The zero-order chi connectivity index (χ0) is 17.3. The van der Waals surface area contributed by atoms with Gasteiger partial charge in [-0.25, -0.2) is 0 Å². The highest BCUT2D eigenvalue weighted by atomic mass is 35.5. The molecule has 1 atom stereocenters. The van der Waals surface area contributed by atoms with Gasteiger partial charge in [0.2, 0.25) is 5.91 Å². The van der Waals surface area contributed by atoms with E-state index in [1.807, 2.05) is 36.4 Å². The Hall–Kier alpha value is -1.59. The van der Waals surface area contributed by atoms with Crippen LogP contribution in [0.5, 0.6) is 0 Å². The average molecular weight is 410 g/mol. The minimum Gasteiger partial charge on any atom is -0.353 e. The van der Waals surface area contributed by atoms with Crippen molar-refractivity contribution in [3.63, 3.8) is 0 Å². The largest absolute Gasteiger partial charge is 0.353 e. The third kappa shape index (κ3) is 8.31. The van der Waals surface area contributed by atoms with E-state index < -0.39 is 0 Å². The number of benzene rings is 2. The lowest BCUT2D eigenvalue weighted by Gasteiger charge is -2.22. The fraction of sp³-hybridized carbons (Fsp3) is 0.381. The van der Waals surface area contributed by atoms with Gasteiger partial charge in [-0.2, -0.15) is 0 Å². The number of nitrogens with one attached hydrogen (secondary N) is 2. The van der Waals surface area contributed by atoms with Gasteiger partial charge in [0.15, 0.2) is 0 Å². The van der Waals surface area contributed by atoms with Gasteiger partial charge in [-0.05, 0) is 30.5 Å². The molecule has 0 aromatic heterocycles. The van der Waals surface area contributed by atoms with Gasteiger partial charge in [0, 0.05) is 25.7 Å². The first-order valence-corrected chi connectivity index (χ1v) is 9.10. The van der Waals surface area contributed by atoms with Crippen LogP contribution in [-0.2, 0) is 17.9 Å². The van der Waals surface area contributed by atoms with Crippen LogP contribution >= 0.6 is 24.8 Å². The Kier molecular flexibility index (Phi) is 11.1. The Bertz CT molecular complexity index is 607. The van der Waals surface area contributed by atoms with Crippen LogP contribution in [0.2, 0.25) is 0 Å². The molecule has 1 fully saturated rings. The summed E-state index contributed by atoms with van der Waals surface area (Å²) < 4.78 is 0. The number of amides is 1. The molecule has 1 amide bonds. The molecule has 0 radical (unpaired) electrons. The predicted octanol–water partition coefficient (Wildman–Crippen LogP) is 3.40. The Labute approximate surface area is 174 Å². The van der Waals surface area contributed by atoms with Crippen molar-refractivity contribution in [3.05, 3.63) is 71.8 Å². The monoisotopic (exact) mass is 409 g/mol. The summed E-state index contributed by atoms with van der Waals surface area (Å²) >= 11 is 0. The molecule has 27 heavy (non-hydrogen) atoms. The Balaban J connectivity index is 0.00000182. The maximum Gasteiger partial charge on any atom is 0.234 e. The van der Waals surface area contributed by atoms with Crippen molar-refractivity contribution < 1.29 is 4.79 Å². The minimum atomic E-state index is 0. The van der Waals surface area contributed by atoms with Crippen LogP contribution in [0.15, 0.2) is 60.7 Å². The molecule has 6 heteroatoms. The molecular formula is C21H29Cl2N3O. The molecule has 1 aliphatic heterocycles. The van der Waals surface area contributed by atoms with Gasteiger partial charge in [-0.3, -0.25) is 9.69 Å². The molecule has 2 aromatic carbocycles. The van der Waals surface area contributed by atoms with Gasteiger partial charge in [-0.1, -0.05) is 60.7 Å². The van der Waals surface area contributed by atoms with Gasteiger partial charge in [0.05, 0.1) is 6.54 Å². The molecular weight excluding hydrogens is 381 g/mol. The smallest absolute Gasteiger partial charge is 0.234 e. The van der Waals surface area contributed by atoms with Crippen molar-refractivity contribution in [3.8, 4) is 0 Å². The summed E-state index contributed by atoms with van der Waals surface area (Å²) in [6, 6.07) is 21.1. The summed E-state index contributed by atoms with van der Waals surface area (Å²) in [4.78, 5) is 14.6. The molecule has 1 saturated heterocycles. The SMILES string of the molecule is Cl.Cl.O=C(CN(Cc1ccccc1)Cc1ccccc1)NCC1CCCN1. The lowest BCUT2D eigenvalue weighted by molar-refractivity contribution is -0.122. The molecule has 0 bridgehead atoms. The van der Waals surface area contributed by atoms with Crippen LogP contribution in [0.25, 0.3) is 0 Å². The number of nitrogens with zero attached hydrogens (tertiary/aromatic N) is 1. The van der Waals surface area contributed by atoms with E-state index in [2.05, 4.69) is 39.8 Å². The van der Waals surface area contributed by atoms with Crippen LogP contribution in [0.3, 0.4) is 0 Å². The van der Waals surface area contributed by atoms with E-state index in [0.717, 1.165) is 32.6 Å². The van der Waals surface area contributed by atoms with E-state index in [1.165, 1.54) is 17.5 Å². The third-order valence-electron chi connectivity index (χ3n) is 4.57. The first-order valence-electron chi connectivity index (χ1n) is 9.10. The zero-order valence-corrected chi connectivity index (χ0v) is 17.1. The minimum absolute atomic E-state index is 0. The fourth-order valence-electron chi connectivity index (χ4n) is 3.28. The molecule has 0 spiro atoms. The number of rotatable bonds is 8. The summed E-state index contributed by atoms with van der Waals surface area (Å²) in [5.74, 6) is 0.0977. The first kappa shape index (κ1) is 23.4. The van der Waals surface area contributed by atoms with Crippen LogP contribution in [-0.4, -0.2) is 36.5 Å². The van der Waals surface area contributed by atoms with Crippen LogP contribution in [0, 0.1) is 0 Å². The molecule has 148 valence electrons. The Morgan fingerprint density at radius 2 is 1.52 bits per heavy atom. The van der Waals surface area contributed by atoms with Crippen molar-refractivity contribution in [2.75, 3.05) is 19.6 Å². The van der Waals surface area contributed by atoms with Gasteiger partial charge < -0.3 is 10.6 Å². The van der Waals surface area contributed by atoms with E-state index in [9.17, 15) is 4.79 Å². The van der Waals surface area contributed by atoms with Crippen molar-refractivity contribution in [2.45, 2.75) is 32.0 Å². The third-order valence-corrected chi connectivity index (χ3v) is 4.57. The van der Waals surface area contributed by atoms with E-state index in [-0.39, 0.29) is 30.7 Å². The lowest BCUT2D eigenvalue weighted by Crippen LogP contribution is -2.42. The van der Waals surface area contributed by atoms with Crippen molar-refractivity contribution in [1.82, 2.24) is 15.5 Å². The maximum atomic E-state index is 12.4. The summed E-state index contributed by atoms with van der Waals surface area (Å²) in [5.41, 5.74) is 2.45. The summed E-state index contributed by atoms with van der Waals surface area (Å²) in [6.45, 7) is 3.74. The molecule has 0 aliphatic carbocycles. The normalized spacial score (nSPS) is 15.7. The van der Waals surface area contributed by atoms with Gasteiger partial charge in [-0.15, -0.1) is 24.8 Å². The average Bonchev–Trinajstić information content (AvgIpc) is 3.15. The number of hydrogen-bond acceptors (Lipinski definition) is 3. The summed E-state index contributed by atoms with van der Waals surface area (Å²) in [5, 5.41) is 6.50. The number of carbonyl (C=O) groups excluding carboxylic acids is 1. The van der Waals surface area contributed by atoms with Crippen molar-refractivity contribution in [1.29, 1.82) is 0 Å². The zero-order valence-electron chi connectivity index (χ0n) is 15.5. The number of hydrogen-bond donors (Lipinski definition) is 2. The van der Waals surface area contributed by atoms with E-state index in [0.29, 0.717) is 12.6 Å². The second kappa shape index (κ2) is 12.7. The molecule has 1 unspecified atom stereocenters. The van der Waals surface area contributed by atoms with Crippen LogP contribution in [0.4, 0.5) is 0 Å². The van der Waals surface area contributed by atoms with Crippen LogP contribution in [0.1, 0.15) is 24.0 Å². The Morgan fingerprint density at radius 1 is 0.963 bits per heavy atom. The topological polar surface area (TPSA) is 44.4 Å². The van der Waals surface area contributed by atoms with Gasteiger partial charge in [0.1, 0.15) is 0 Å². The first-order chi connectivity index (χ1) is 12.3. The highest BCUT2D eigenvalue weighted by molar-refractivity contribution is 5.85. The van der Waals surface area contributed by atoms with E-state index in [4.69, 9.17) is 0 Å². The molecule has 1 heterocycles. The fourth-order valence-corrected chi connectivity index (χ4v) is 3.28. The molecule has 2 N–H and O–H groups in total. The van der Waals surface area contributed by atoms with Gasteiger partial charge in [0.25, 0.3) is 0 Å². The van der Waals surface area contributed by atoms with Crippen molar-refractivity contribution in [2.24, 2.45) is 0 Å². The predicted molar refractivity (Wildman–Crippen MR) is 116 cm³/mol. The number of halogens is 2. The molecule has 4 nitrogen and oxygen atoms in total.